The number of halogens is 1. The first-order valence-electron chi connectivity index (χ1n) is 6.06. The van der Waals surface area contributed by atoms with E-state index in [9.17, 15) is 8.42 Å². The van der Waals surface area contributed by atoms with Gasteiger partial charge in [0.15, 0.2) is 0 Å². The molecule has 0 aliphatic heterocycles. The molecule has 2 aromatic rings. The molecule has 6 nitrogen and oxygen atoms in total. The third-order valence-corrected chi connectivity index (χ3v) is 5.31. The summed E-state index contributed by atoms with van der Waals surface area (Å²) in [6, 6.07) is 8.97. The molecule has 0 atom stereocenters. The number of hydrazine groups is 1. The number of sulfonamides is 1. The summed E-state index contributed by atoms with van der Waals surface area (Å²) in [5.74, 6) is 5.35. The van der Waals surface area contributed by atoms with Crippen molar-refractivity contribution in [2.75, 3.05) is 12.5 Å². The lowest BCUT2D eigenvalue weighted by Gasteiger charge is -2.18. The Kier molecular flexibility index (Phi) is 4.94. The Morgan fingerprint density at radius 2 is 1.95 bits per heavy atom. The standard InChI is InChI=1S/C13H15BrN4O2S/c1-18(9-10-2-4-11(14)5-3-10)21(19,20)13-8-16-7-6-12(13)17-15/h2-8H,9,15H2,1H3,(H,16,17). The van der Waals surface area contributed by atoms with Crippen molar-refractivity contribution in [2.45, 2.75) is 11.4 Å². The van der Waals surface area contributed by atoms with Gasteiger partial charge in [0.1, 0.15) is 4.90 Å². The fraction of sp³-hybridized carbons (Fsp3) is 0.154. The highest BCUT2D eigenvalue weighted by Gasteiger charge is 2.24. The van der Waals surface area contributed by atoms with Crippen molar-refractivity contribution in [3.63, 3.8) is 0 Å². The molecule has 0 saturated carbocycles. The molecule has 0 saturated heterocycles. The van der Waals surface area contributed by atoms with Gasteiger partial charge in [-0.1, -0.05) is 28.1 Å². The van der Waals surface area contributed by atoms with Crippen LogP contribution in [0.5, 0.6) is 0 Å². The van der Waals surface area contributed by atoms with Crippen LogP contribution in [0.3, 0.4) is 0 Å². The molecule has 112 valence electrons. The molecule has 0 bridgehead atoms. The van der Waals surface area contributed by atoms with E-state index in [0.29, 0.717) is 5.69 Å². The average Bonchev–Trinajstić information content (AvgIpc) is 2.49. The van der Waals surface area contributed by atoms with E-state index >= 15 is 0 Å². The van der Waals surface area contributed by atoms with E-state index in [0.717, 1.165) is 10.0 Å². The van der Waals surface area contributed by atoms with Crippen LogP contribution in [-0.2, 0) is 16.6 Å². The van der Waals surface area contributed by atoms with Gasteiger partial charge < -0.3 is 5.43 Å². The summed E-state index contributed by atoms with van der Waals surface area (Å²) in [7, 11) is -2.15. The number of nitrogens with two attached hydrogens (primary N) is 1. The fourth-order valence-electron chi connectivity index (χ4n) is 1.80. The number of pyridine rings is 1. The molecular weight excluding hydrogens is 356 g/mol. The Hall–Kier alpha value is -1.48. The second-order valence-corrected chi connectivity index (χ2v) is 7.33. The molecular formula is C13H15BrN4O2S. The number of aromatic nitrogens is 1. The van der Waals surface area contributed by atoms with Crippen LogP contribution < -0.4 is 11.3 Å². The normalized spacial score (nSPS) is 11.6. The molecule has 1 heterocycles. The molecule has 21 heavy (non-hydrogen) atoms. The van der Waals surface area contributed by atoms with Crippen molar-refractivity contribution in [1.29, 1.82) is 0 Å². The summed E-state index contributed by atoms with van der Waals surface area (Å²) >= 11 is 3.34. The van der Waals surface area contributed by atoms with Crippen LogP contribution in [0, 0.1) is 0 Å². The number of nitrogens with zero attached hydrogens (tertiary/aromatic N) is 2. The van der Waals surface area contributed by atoms with E-state index in [1.165, 1.54) is 29.8 Å². The number of benzene rings is 1. The van der Waals surface area contributed by atoms with Gasteiger partial charge in [-0.05, 0) is 23.8 Å². The summed E-state index contributed by atoms with van der Waals surface area (Å²) in [5.41, 5.74) is 3.57. The molecule has 0 fully saturated rings. The summed E-state index contributed by atoms with van der Waals surface area (Å²) in [6.45, 7) is 0.258. The van der Waals surface area contributed by atoms with Crippen molar-refractivity contribution in [3.8, 4) is 0 Å². The highest BCUT2D eigenvalue weighted by Crippen LogP contribution is 2.23. The zero-order valence-corrected chi connectivity index (χ0v) is 13.7. The number of rotatable bonds is 5. The van der Waals surface area contributed by atoms with Crippen LogP contribution in [0.4, 0.5) is 5.69 Å². The molecule has 8 heteroatoms. The molecule has 3 N–H and O–H groups in total. The lowest BCUT2D eigenvalue weighted by Crippen LogP contribution is -2.28. The van der Waals surface area contributed by atoms with E-state index in [4.69, 9.17) is 5.84 Å². The molecule has 0 spiro atoms. The predicted molar refractivity (Wildman–Crippen MR) is 84.8 cm³/mol. The van der Waals surface area contributed by atoms with E-state index in [1.807, 2.05) is 24.3 Å². The summed E-state index contributed by atoms with van der Waals surface area (Å²) in [4.78, 5) is 3.90. The van der Waals surface area contributed by atoms with Crippen LogP contribution >= 0.6 is 15.9 Å². The quantitative estimate of drug-likeness (QED) is 0.620. The zero-order chi connectivity index (χ0) is 15.5. The SMILES string of the molecule is CN(Cc1ccc(Br)cc1)S(=O)(=O)c1cnccc1NN. The largest absolute Gasteiger partial charge is 0.323 e. The van der Waals surface area contributed by atoms with Gasteiger partial charge in [-0.25, -0.2) is 8.42 Å². The lowest BCUT2D eigenvalue weighted by molar-refractivity contribution is 0.466. The fourth-order valence-corrected chi connectivity index (χ4v) is 3.32. The number of nitrogen functional groups attached to an aromatic ring is 1. The summed E-state index contributed by atoms with van der Waals surface area (Å²) in [5, 5.41) is 0. The topological polar surface area (TPSA) is 88.3 Å². The maximum absolute atomic E-state index is 12.6. The Morgan fingerprint density at radius 3 is 2.57 bits per heavy atom. The van der Waals surface area contributed by atoms with Crippen molar-refractivity contribution in [1.82, 2.24) is 9.29 Å². The van der Waals surface area contributed by atoms with E-state index in [2.05, 4.69) is 26.3 Å². The second-order valence-electron chi connectivity index (χ2n) is 4.40. The Morgan fingerprint density at radius 1 is 1.29 bits per heavy atom. The van der Waals surface area contributed by atoms with Gasteiger partial charge >= 0.3 is 0 Å². The Balaban J connectivity index is 2.28. The highest BCUT2D eigenvalue weighted by molar-refractivity contribution is 9.10. The third-order valence-electron chi connectivity index (χ3n) is 2.95. The van der Waals surface area contributed by atoms with Crippen LogP contribution in [-0.4, -0.2) is 24.8 Å². The summed E-state index contributed by atoms with van der Waals surface area (Å²) < 4.78 is 27.3. The maximum atomic E-state index is 12.6. The van der Waals surface area contributed by atoms with Gasteiger partial charge in [0.05, 0.1) is 5.69 Å². The Bertz CT molecular complexity index is 719. The molecule has 1 aromatic heterocycles. The van der Waals surface area contributed by atoms with E-state index in [-0.39, 0.29) is 11.4 Å². The summed E-state index contributed by atoms with van der Waals surface area (Å²) in [6.07, 6.45) is 2.76. The van der Waals surface area contributed by atoms with Crippen molar-refractivity contribution < 1.29 is 8.42 Å². The van der Waals surface area contributed by atoms with Gasteiger partial charge in [-0.3, -0.25) is 10.8 Å². The first kappa shape index (κ1) is 15.9. The average molecular weight is 371 g/mol. The minimum Gasteiger partial charge on any atom is -0.323 e. The Labute approximate surface area is 132 Å². The maximum Gasteiger partial charge on any atom is 0.246 e. The lowest BCUT2D eigenvalue weighted by atomic mass is 10.2. The molecule has 0 unspecified atom stereocenters. The predicted octanol–water partition coefficient (Wildman–Crippen LogP) is 1.95. The van der Waals surface area contributed by atoms with Crippen LogP contribution in [0.1, 0.15) is 5.56 Å². The minimum atomic E-state index is -3.67. The number of hydrogen-bond donors (Lipinski definition) is 2. The molecule has 0 aliphatic carbocycles. The molecule has 0 amide bonds. The second kappa shape index (κ2) is 6.52. The first-order valence-corrected chi connectivity index (χ1v) is 8.30. The molecule has 2 rings (SSSR count). The first-order chi connectivity index (χ1) is 9.95. The number of hydrogen-bond acceptors (Lipinski definition) is 5. The van der Waals surface area contributed by atoms with E-state index < -0.39 is 10.0 Å². The van der Waals surface area contributed by atoms with Gasteiger partial charge in [0, 0.05) is 30.5 Å². The molecule has 0 aliphatic rings. The number of nitrogens with one attached hydrogen (secondary N) is 1. The highest BCUT2D eigenvalue weighted by atomic mass is 79.9. The van der Waals surface area contributed by atoms with Crippen LogP contribution in [0.25, 0.3) is 0 Å². The van der Waals surface area contributed by atoms with Crippen molar-refractivity contribution in [3.05, 3.63) is 52.8 Å². The third kappa shape index (κ3) is 3.59. The van der Waals surface area contributed by atoms with Gasteiger partial charge in [0.2, 0.25) is 10.0 Å². The smallest absolute Gasteiger partial charge is 0.246 e. The molecule has 0 radical (unpaired) electrons. The number of anilines is 1. The van der Waals surface area contributed by atoms with Crippen LogP contribution in [0.15, 0.2) is 52.1 Å². The van der Waals surface area contributed by atoms with Crippen LogP contribution in [0.2, 0.25) is 0 Å². The van der Waals surface area contributed by atoms with Crippen molar-refractivity contribution >= 4 is 31.6 Å². The zero-order valence-electron chi connectivity index (χ0n) is 11.3. The minimum absolute atomic E-state index is 0.0483. The monoisotopic (exact) mass is 370 g/mol. The van der Waals surface area contributed by atoms with E-state index in [1.54, 1.807) is 0 Å². The van der Waals surface area contributed by atoms with Gasteiger partial charge in [-0.2, -0.15) is 4.31 Å². The van der Waals surface area contributed by atoms with Crippen molar-refractivity contribution in [2.24, 2.45) is 5.84 Å². The molecule has 1 aromatic carbocycles. The van der Waals surface area contributed by atoms with Gasteiger partial charge in [-0.15, -0.1) is 0 Å². The van der Waals surface area contributed by atoms with Gasteiger partial charge in [0.25, 0.3) is 0 Å².